The van der Waals surface area contributed by atoms with Crippen LogP contribution in [0.25, 0.3) is 0 Å². The largest absolute Gasteiger partial charge is 0.446 e. The lowest BCUT2D eigenvalue weighted by Gasteiger charge is -2.07. The molecular weight excluding hydrogens is 203 g/mol. The third kappa shape index (κ3) is 4.23. The summed E-state index contributed by atoms with van der Waals surface area (Å²) < 4.78 is 10.5. The molecule has 1 aromatic rings. The van der Waals surface area contributed by atoms with Gasteiger partial charge in [-0.15, -0.1) is 6.58 Å². The zero-order chi connectivity index (χ0) is 9.52. The van der Waals surface area contributed by atoms with E-state index < -0.39 is 7.15 Å². The number of hydrogen-bond donors (Lipinski definition) is 0. The van der Waals surface area contributed by atoms with Crippen molar-refractivity contribution in [3.05, 3.63) is 43.0 Å². The fourth-order valence-corrected chi connectivity index (χ4v) is 1.88. The minimum atomic E-state index is -1.59. The van der Waals surface area contributed by atoms with Crippen LogP contribution >= 0.6 is 7.15 Å². The summed E-state index contributed by atoms with van der Waals surface area (Å²) in [5.41, 5.74) is 0. The Balaban J connectivity index is 2.41. The molecule has 1 atom stereocenters. The third-order valence-corrected chi connectivity index (χ3v) is 2.67. The van der Waals surface area contributed by atoms with Gasteiger partial charge in [-0.3, -0.25) is 0 Å². The maximum Gasteiger partial charge on any atom is 0.226 e. The topological polar surface area (TPSA) is 18.5 Å². The molecule has 0 aromatic heterocycles. The molecule has 0 aliphatic heterocycles. The van der Waals surface area contributed by atoms with Gasteiger partial charge in [0.25, 0.3) is 0 Å². The summed E-state index contributed by atoms with van der Waals surface area (Å²) >= 11 is 4.99. The van der Waals surface area contributed by atoms with Crippen LogP contribution in [0.4, 0.5) is 0 Å². The van der Waals surface area contributed by atoms with E-state index in [4.69, 9.17) is 20.9 Å². The van der Waals surface area contributed by atoms with E-state index in [1.807, 2.05) is 30.3 Å². The van der Waals surface area contributed by atoms with Crippen molar-refractivity contribution in [2.45, 2.75) is 0 Å². The maximum absolute atomic E-state index is 5.36. The minimum absolute atomic E-state index is 0.449. The van der Waals surface area contributed by atoms with Crippen LogP contribution in [0.2, 0.25) is 0 Å². The van der Waals surface area contributed by atoms with Gasteiger partial charge in [0, 0.05) is 0 Å². The van der Waals surface area contributed by atoms with E-state index in [9.17, 15) is 0 Å². The number of rotatable bonds is 5. The Labute approximate surface area is 83.8 Å². The molecule has 0 spiro atoms. The molecule has 2 nitrogen and oxygen atoms in total. The Morgan fingerprint density at radius 2 is 2.08 bits per heavy atom. The first-order valence-corrected chi connectivity index (χ1v) is 6.28. The van der Waals surface area contributed by atoms with E-state index in [0.29, 0.717) is 6.61 Å². The molecule has 0 fully saturated rings. The van der Waals surface area contributed by atoms with E-state index in [2.05, 4.69) is 6.58 Å². The van der Waals surface area contributed by atoms with Gasteiger partial charge in [-0.25, -0.2) is 0 Å². The molecule has 0 bridgehead atoms. The summed E-state index contributed by atoms with van der Waals surface area (Å²) in [4.78, 5) is 0. The smallest absolute Gasteiger partial charge is 0.226 e. The summed E-state index contributed by atoms with van der Waals surface area (Å²) in [6, 6.07) is 9.43. The highest BCUT2D eigenvalue weighted by Gasteiger charge is 1.95. The second-order valence-electron chi connectivity index (χ2n) is 2.26. The fourth-order valence-electron chi connectivity index (χ4n) is 0.741. The molecule has 70 valence electrons. The number of hydrogen-bond acceptors (Lipinski definition) is 3. The average molecular weight is 214 g/mol. The molecule has 0 N–H and O–H groups in total. The molecule has 4 heteroatoms. The maximum atomic E-state index is 5.36. The summed E-state index contributed by atoms with van der Waals surface area (Å²) in [6.07, 6.45) is 1.66. The van der Waals surface area contributed by atoms with Crippen molar-refractivity contribution in [1.82, 2.24) is 0 Å². The molecule has 0 saturated heterocycles. The molecular formula is C9H11O2PS. The molecule has 13 heavy (non-hydrogen) atoms. The molecule has 1 rings (SSSR count). The molecule has 1 aromatic carbocycles. The molecule has 0 saturated carbocycles. The van der Waals surface area contributed by atoms with Crippen molar-refractivity contribution in [3.63, 3.8) is 0 Å². The summed E-state index contributed by atoms with van der Waals surface area (Å²) in [5, 5.41) is 0. The highest BCUT2D eigenvalue weighted by Crippen LogP contribution is 2.27. The Kier molecular flexibility index (Phi) is 4.76. The van der Waals surface area contributed by atoms with Crippen LogP contribution in [0.5, 0.6) is 5.75 Å². The SMILES string of the molecule is C=CCO[PH](=S)Oc1ccccc1. The van der Waals surface area contributed by atoms with Crippen LogP contribution in [-0.4, -0.2) is 6.61 Å². The van der Waals surface area contributed by atoms with Crippen molar-refractivity contribution in [2.75, 3.05) is 6.61 Å². The Bertz CT molecular complexity index is 287. The van der Waals surface area contributed by atoms with E-state index in [1.165, 1.54) is 0 Å². The standard InChI is InChI=1S/C9H11O2PS/c1-2-8-10-12(13)11-9-6-4-3-5-7-9/h2-7,12H,1,8H2. The normalized spacial score (nSPS) is 12.0. The zero-order valence-corrected chi connectivity index (χ0v) is 8.92. The molecule has 0 aliphatic carbocycles. The summed E-state index contributed by atoms with van der Waals surface area (Å²) in [5.74, 6) is 0.760. The minimum Gasteiger partial charge on any atom is -0.446 e. The lowest BCUT2D eigenvalue weighted by atomic mass is 10.3. The van der Waals surface area contributed by atoms with E-state index in [0.717, 1.165) is 5.75 Å². The van der Waals surface area contributed by atoms with Crippen molar-refractivity contribution < 1.29 is 9.05 Å². The van der Waals surface area contributed by atoms with Gasteiger partial charge in [0.05, 0.1) is 6.61 Å². The summed E-state index contributed by atoms with van der Waals surface area (Å²) in [6.45, 7) is 3.98. The molecule has 1 unspecified atom stereocenters. The van der Waals surface area contributed by atoms with Crippen molar-refractivity contribution in [1.29, 1.82) is 0 Å². The van der Waals surface area contributed by atoms with Gasteiger partial charge < -0.3 is 9.05 Å². The van der Waals surface area contributed by atoms with Gasteiger partial charge in [0.2, 0.25) is 7.15 Å². The lowest BCUT2D eigenvalue weighted by molar-refractivity contribution is 0.370. The van der Waals surface area contributed by atoms with Crippen LogP contribution in [0.3, 0.4) is 0 Å². The van der Waals surface area contributed by atoms with Crippen LogP contribution < -0.4 is 4.52 Å². The Morgan fingerprint density at radius 3 is 2.69 bits per heavy atom. The quantitative estimate of drug-likeness (QED) is 0.554. The first-order chi connectivity index (χ1) is 6.33. The van der Waals surface area contributed by atoms with Crippen LogP contribution in [-0.2, 0) is 16.3 Å². The Hall–Kier alpha value is -0.630. The monoisotopic (exact) mass is 214 g/mol. The number of benzene rings is 1. The predicted molar refractivity (Wildman–Crippen MR) is 58.9 cm³/mol. The fraction of sp³-hybridized carbons (Fsp3) is 0.111. The molecule has 0 heterocycles. The highest BCUT2D eigenvalue weighted by atomic mass is 32.4. The Morgan fingerprint density at radius 1 is 1.38 bits per heavy atom. The van der Waals surface area contributed by atoms with Gasteiger partial charge in [0.15, 0.2) is 0 Å². The van der Waals surface area contributed by atoms with Crippen molar-refractivity contribution in [3.8, 4) is 5.75 Å². The predicted octanol–water partition coefficient (Wildman–Crippen LogP) is 2.77. The van der Waals surface area contributed by atoms with Crippen molar-refractivity contribution in [2.24, 2.45) is 0 Å². The number of para-hydroxylation sites is 1. The first kappa shape index (κ1) is 10.5. The van der Waals surface area contributed by atoms with Gasteiger partial charge in [-0.05, 0) is 23.9 Å². The highest BCUT2D eigenvalue weighted by molar-refractivity contribution is 8.00. The van der Waals surface area contributed by atoms with Crippen LogP contribution in [0.1, 0.15) is 0 Å². The van der Waals surface area contributed by atoms with E-state index in [-0.39, 0.29) is 0 Å². The molecule has 0 amide bonds. The molecule has 0 radical (unpaired) electrons. The third-order valence-electron chi connectivity index (χ3n) is 1.26. The van der Waals surface area contributed by atoms with Gasteiger partial charge >= 0.3 is 0 Å². The van der Waals surface area contributed by atoms with Gasteiger partial charge in [-0.1, -0.05) is 24.3 Å². The van der Waals surface area contributed by atoms with Gasteiger partial charge in [0.1, 0.15) is 5.75 Å². The average Bonchev–Trinajstić information content (AvgIpc) is 2.16. The van der Waals surface area contributed by atoms with E-state index >= 15 is 0 Å². The first-order valence-electron chi connectivity index (χ1n) is 3.83. The second kappa shape index (κ2) is 5.92. The zero-order valence-electron chi connectivity index (χ0n) is 7.10. The van der Waals surface area contributed by atoms with Crippen LogP contribution in [0.15, 0.2) is 43.0 Å². The summed E-state index contributed by atoms with van der Waals surface area (Å²) in [7, 11) is -1.59. The van der Waals surface area contributed by atoms with Gasteiger partial charge in [-0.2, -0.15) is 0 Å². The lowest BCUT2D eigenvalue weighted by Crippen LogP contribution is -1.85. The van der Waals surface area contributed by atoms with Crippen LogP contribution in [0, 0.1) is 0 Å². The van der Waals surface area contributed by atoms with Crippen molar-refractivity contribution >= 4 is 19.0 Å². The second-order valence-corrected chi connectivity index (χ2v) is 4.26. The molecule has 0 aliphatic rings. The van der Waals surface area contributed by atoms with E-state index in [1.54, 1.807) is 6.08 Å².